The third-order valence-electron chi connectivity index (χ3n) is 1.60. The maximum atomic E-state index is 11.0. The molecule has 0 fully saturated rings. The van der Waals surface area contributed by atoms with Crippen LogP contribution in [0.3, 0.4) is 0 Å². The highest BCUT2D eigenvalue weighted by molar-refractivity contribution is 5.86. The molecule has 1 radical (unpaired) electrons. The molecule has 0 amide bonds. The number of esters is 1. The second-order valence-electron chi connectivity index (χ2n) is 2.77. The zero-order chi connectivity index (χ0) is 10.2. The van der Waals surface area contributed by atoms with Gasteiger partial charge in [-0.25, -0.2) is 4.79 Å². The number of rotatable bonds is 4. The van der Waals surface area contributed by atoms with Crippen molar-refractivity contribution in [3.8, 4) is 0 Å². The lowest BCUT2D eigenvalue weighted by atomic mass is 10.2. The fourth-order valence-electron chi connectivity index (χ4n) is 0.949. The minimum Gasteiger partial charge on any atom is -0.463 e. The Morgan fingerprint density at radius 1 is 1.36 bits per heavy atom. The standard InChI is InChI=1S/C12H13O2/c1-2-10-14-12(13)9-8-11-6-4-3-5-7-11/h3-9H,1-2,10H2. The Morgan fingerprint density at radius 3 is 2.71 bits per heavy atom. The normalized spacial score (nSPS) is 10.4. The summed E-state index contributed by atoms with van der Waals surface area (Å²) >= 11 is 0. The van der Waals surface area contributed by atoms with E-state index in [2.05, 4.69) is 6.92 Å². The van der Waals surface area contributed by atoms with E-state index in [0.29, 0.717) is 13.0 Å². The summed E-state index contributed by atoms with van der Waals surface area (Å²) in [6.07, 6.45) is 3.75. The predicted molar refractivity (Wildman–Crippen MR) is 56.4 cm³/mol. The minimum atomic E-state index is -0.322. The molecule has 2 nitrogen and oxygen atoms in total. The Bertz CT molecular complexity index is 301. The van der Waals surface area contributed by atoms with Gasteiger partial charge in [-0.15, -0.1) is 0 Å². The molecule has 0 aliphatic heterocycles. The van der Waals surface area contributed by atoms with Gasteiger partial charge < -0.3 is 4.74 Å². The Hall–Kier alpha value is -1.57. The van der Waals surface area contributed by atoms with Crippen LogP contribution in [0.25, 0.3) is 6.08 Å². The van der Waals surface area contributed by atoms with Crippen molar-refractivity contribution in [2.24, 2.45) is 0 Å². The second kappa shape index (κ2) is 5.97. The van der Waals surface area contributed by atoms with Crippen molar-refractivity contribution in [2.45, 2.75) is 6.42 Å². The summed E-state index contributed by atoms with van der Waals surface area (Å²) in [7, 11) is 0. The molecule has 0 saturated carbocycles. The molecular formula is C12H13O2. The van der Waals surface area contributed by atoms with Crippen LogP contribution in [0.15, 0.2) is 36.4 Å². The average molecular weight is 189 g/mol. The van der Waals surface area contributed by atoms with E-state index < -0.39 is 0 Å². The predicted octanol–water partition coefficient (Wildman–Crippen LogP) is 2.47. The summed E-state index contributed by atoms with van der Waals surface area (Å²) in [6, 6.07) is 9.61. The van der Waals surface area contributed by atoms with Gasteiger partial charge in [0.2, 0.25) is 0 Å². The molecular weight excluding hydrogens is 176 g/mol. The molecule has 0 bridgehead atoms. The lowest BCUT2D eigenvalue weighted by Gasteiger charge is -1.97. The zero-order valence-electron chi connectivity index (χ0n) is 7.98. The summed E-state index contributed by atoms with van der Waals surface area (Å²) in [4.78, 5) is 11.0. The van der Waals surface area contributed by atoms with E-state index >= 15 is 0 Å². The molecule has 73 valence electrons. The van der Waals surface area contributed by atoms with Gasteiger partial charge in [0.15, 0.2) is 0 Å². The molecule has 0 heterocycles. The quantitative estimate of drug-likeness (QED) is 0.537. The summed E-state index contributed by atoms with van der Waals surface area (Å²) < 4.78 is 4.82. The summed E-state index contributed by atoms with van der Waals surface area (Å²) in [5, 5.41) is 0. The molecule has 0 unspecified atom stereocenters. The number of ether oxygens (including phenoxy) is 1. The molecule has 0 aromatic heterocycles. The van der Waals surface area contributed by atoms with Crippen LogP contribution in [0, 0.1) is 6.92 Å². The van der Waals surface area contributed by atoms with E-state index in [1.54, 1.807) is 6.08 Å². The molecule has 1 aromatic carbocycles. The van der Waals surface area contributed by atoms with Gasteiger partial charge in [0, 0.05) is 6.08 Å². The molecule has 1 rings (SSSR count). The summed E-state index contributed by atoms with van der Waals surface area (Å²) in [5.41, 5.74) is 0.985. The highest BCUT2D eigenvalue weighted by Crippen LogP contribution is 2.00. The van der Waals surface area contributed by atoms with Crippen molar-refractivity contribution < 1.29 is 9.53 Å². The molecule has 14 heavy (non-hydrogen) atoms. The van der Waals surface area contributed by atoms with Crippen molar-refractivity contribution in [3.63, 3.8) is 0 Å². The first kappa shape index (κ1) is 10.5. The van der Waals surface area contributed by atoms with Crippen molar-refractivity contribution in [2.75, 3.05) is 6.61 Å². The molecule has 0 N–H and O–H groups in total. The number of carbonyl (C=O) groups excluding carboxylic acids is 1. The van der Waals surface area contributed by atoms with Crippen LogP contribution in [0.1, 0.15) is 12.0 Å². The lowest BCUT2D eigenvalue weighted by molar-refractivity contribution is -0.137. The topological polar surface area (TPSA) is 26.3 Å². The van der Waals surface area contributed by atoms with Crippen LogP contribution in [-0.2, 0) is 9.53 Å². The van der Waals surface area contributed by atoms with Gasteiger partial charge >= 0.3 is 5.97 Å². The summed E-state index contributed by atoms with van der Waals surface area (Å²) in [6.45, 7) is 3.95. The largest absolute Gasteiger partial charge is 0.463 e. The van der Waals surface area contributed by atoms with E-state index in [1.165, 1.54) is 6.08 Å². The third-order valence-corrected chi connectivity index (χ3v) is 1.60. The maximum absolute atomic E-state index is 11.0. The molecule has 0 atom stereocenters. The van der Waals surface area contributed by atoms with Gasteiger partial charge in [-0.3, -0.25) is 0 Å². The van der Waals surface area contributed by atoms with Crippen molar-refractivity contribution >= 4 is 12.0 Å². The number of carbonyl (C=O) groups is 1. The van der Waals surface area contributed by atoms with Crippen molar-refractivity contribution in [1.29, 1.82) is 0 Å². The average Bonchev–Trinajstić information content (AvgIpc) is 2.25. The fraction of sp³-hybridized carbons (Fsp3) is 0.167. The van der Waals surface area contributed by atoms with Gasteiger partial charge in [-0.1, -0.05) is 30.3 Å². The molecule has 0 aliphatic carbocycles. The monoisotopic (exact) mass is 189 g/mol. The van der Waals surface area contributed by atoms with Crippen molar-refractivity contribution in [3.05, 3.63) is 48.9 Å². The van der Waals surface area contributed by atoms with Crippen LogP contribution in [0.2, 0.25) is 0 Å². The number of hydrogen-bond donors (Lipinski definition) is 0. The Balaban J connectivity index is 2.44. The highest BCUT2D eigenvalue weighted by atomic mass is 16.5. The van der Waals surface area contributed by atoms with Gasteiger partial charge in [0.1, 0.15) is 0 Å². The highest BCUT2D eigenvalue weighted by Gasteiger charge is 1.93. The number of hydrogen-bond acceptors (Lipinski definition) is 2. The minimum absolute atomic E-state index is 0.322. The first-order chi connectivity index (χ1) is 6.83. The van der Waals surface area contributed by atoms with E-state index in [1.807, 2.05) is 30.3 Å². The van der Waals surface area contributed by atoms with E-state index in [4.69, 9.17) is 4.74 Å². The zero-order valence-corrected chi connectivity index (χ0v) is 7.98. The SMILES string of the molecule is [CH2]CCOC(=O)C=Cc1ccccc1. The summed E-state index contributed by atoms with van der Waals surface area (Å²) in [5.74, 6) is -0.322. The first-order valence-electron chi connectivity index (χ1n) is 4.52. The smallest absolute Gasteiger partial charge is 0.330 e. The third kappa shape index (κ3) is 3.90. The first-order valence-corrected chi connectivity index (χ1v) is 4.52. The molecule has 0 spiro atoms. The van der Waals surface area contributed by atoms with Crippen LogP contribution in [0.4, 0.5) is 0 Å². The van der Waals surface area contributed by atoms with E-state index in [-0.39, 0.29) is 5.97 Å². The molecule has 1 aromatic rings. The van der Waals surface area contributed by atoms with Crippen LogP contribution < -0.4 is 0 Å². The van der Waals surface area contributed by atoms with Crippen LogP contribution >= 0.6 is 0 Å². The van der Waals surface area contributed by atoms with E-state index in [0.717, 1.165) is 5.56 Å². The van der Waals surface area contributed by atoms with Crippen molar-refractivity contribution in [1.82, 2.24) is 0 Å². The molecule has 0 aliphatic rings. The van der Waals surface area contributed by atoms with Gasteiger partial charge in [0.25, 0.3) is 0 Å². The maximum Gasteiger partial charge on any atom is 0.330 e. The molecule has 0 saturated heterocycles. The second-order valence-corrected chi connectivity index (χ2v) is 2.77. The van der Waals surface area contributed by atoms with Gasteiger partial charge in [0.05, 0.1) is 6.61 Å². The van der Waals surface area contributed by atoms with Gasteiger partial charge in [-0.2, -0.15) is 0 Å². The fourth-order valence-corrected chi connectivity index (χ4v) is 0.949. The lowest BCUT2D eigenvalue weighted by Crippen LogP contribution is -2.00. The number of benzene rings is 1. The van der Waals surface area contributed by atoms with Crippen LogP contribution in [-0.4, -0.2) is 12.6 Å². The Morgan fingerprint density at radius 2 is 2.07 bits per heavy atom. The van der Waals surface area contributed by atoms with E-state index in [9.17, 15) is 4.79 Å². The Labute approximate surface area is 84.2 Å². The molecule has 2 heteroatoms. The van der Waals surface area contributed by atoms with Gasteiger partial charge in [-0.05, 0) is 25.0 Å². The Kier molecular flexibility index (Phi) is 4.48. The van der Waals surface area contributed by atoms with Crippen LogP contribution in [0.5, 0.6) is 0 Å².